The van der Waals surface area contributed by atoms with Crippen LogP contribution in [0.4, 0.5) is 4.79 Å². The highest BCUT2D eigenvalue weighted by molar-refractivity contribution is 5.85. The first-order chi connectivity index (χ1) is 7.70. The van der Waals surface area contributed by atoms with Gasteiger partial charge >= 0.3 is 6.09 Å². The van der Waals surface area contributed by atoms with Crippen LogP contribution in [0.3, 0.4) is 0 Å². The summed E-state index contributed by atoms with van der Waals surface area (Å²) in [6, 6.07) is 0. The number of likely N-dealkylation sites (tertiary alicyclic amines) is 1. The predicted molar refractivity (Wildman–Crippen MR) is 57.8 cm³/mol. The number of hydrogen-bond acceptors (Lipinski definition) is 5. The molecule has 0 aromatic heterocycles. The van der Waals surface area contributed by atoms with Crippen molar-refractivity contribution in [1.82, 2.24) is 10.4 Å². The molecule has 0 spiro atoms. The Balaban J connectivity index is 1.86. The SMILES string of the molecule is COC(=O)N1CCC(C2=NC(C)ON2)CC1. The molecule has 1 amide bonds. The normalized spacial score (nSPS) is 26.2. The number of carbonyl (C=O) groups excluding carboxylic acids is 1. The van der Waals surface area contributed by atoms with Gasteiger partial charge in [0.15, 0.2) is 6.23 Å². The highest BCUT2D eigenvalue weighted by Gasteiger charge is 2.28. The molecule has 1 atom stereocenters. The average molecular weight is 227 g/mol. The van der Waals surface area contributed by atoms with Gasteiger partial charge in [-0.05, 0) is 19.8 Å². The fourth-order valence-corrected chi connectivity index (χ4v) is 2.05. The van der Waals surface area contributed by atoms with Crippen molar-refractivity contribution in [2.24, 2.45) is 10.9 Å². The lowest BCUT2D eigenvalue weighted by molar-refractivity contribution is 0.0479. The van der Waals surface area contributed by atoms with Crippen LogP contribution < -0.4 is 5.48 Å². The van der Waals surface area contributed by atoms with E-state index >= 15 is 0 Å². The molecule has 2 aliphatic heterocycles. The first-order valence-corrected chi connectivity index (χ1v) is 5.53. The molecule has 1 unspecified atom stereocenters. The predicted octanol–water partition coefficient (Wildman–Crippen LogP) is 0.744. The molecule has 6 heteroatoms. The van der Waals surface area contributed by atoms with Gasteiger partial charge in [0.2, 0.25) is 0 Å². The van der Waals surface area contributed by atoms with Crippen molar-refractivity contribution in [1.29, 1.82) is 0 Å². The first kappa shape index (κ1) is 11.2. The molecule has 90 valence electrons. The quantitative estimate of drug-likeness (QED) is 0.717. The molecule has 0 aliphatic carbocycles. The molecule has 0 bridgehead atoms. The van der Waals surface area contributed by atoms with Gasteiger partial charge < -0.3 is 9.64 Å². The summed E-state index contributed by atoms with van der Waals surface area (Å²) in [5, 5.41) is 0. The number of ether oxygens (including phenoxy) is 1. The number of nitrogens with zero attached hydrogens (tertiary/aromatic N) is 2. The van der Waals surface area contributed by atoms with Crippen molar-refractivity contribution < 1.29 is 14.4 Å². The second-order valence-electron chi connectivity index (χ2n) is 4.06. The number of hydroxylamine groups is 1. The van der Waals surface area contributed by atoms with Gasteiger partial charge in [0.05, 0.1) is 7.11 Å². The molecule has 6 nitrogen and oxygen atoms in total. The molecule has 0 aromatic rings. The van der Waals surface area contributed by atoms with Crippen LogP contribution in [0.25, 0.3) is 0 Å². The Morgan fingerprint density at radius 3 is 2.75 bits per heavy atom. The maximum atomic E-state index is 11.3. The number of carbonyl (C=O) groups is 1. The van der Waals surface area contributed by atoms with E-state index in [1.54, 1.807) is 4.90 Å². The van der Waals surface area contributed by atoms with Gasteiger partial charge in [0.1, 0.15) is 5.84 Å². The minimum Gasteiger partial charge on any atom is -0.453 e. The fraction of sp³-hybridized carbons (Fsp3) is 0.800. The van der Waals surface area contributed by atoms with Crippen LogP contribution >= 0.6 is 0 Å². The fourth-order valence-electron chi connectivity index (χ4n) is 2.05. The third kappa shape index (κ3) is 2.27. The first-order valence-electron chi connectivity index (χ1n) is 5.53. The Bertz CT molecular complexity index is 298. The summed E-state index contributed by atoms with van der Waals surface area (Å²) >= 11 is 0. The van der Waals surface area contributed by atoms with Gasteiger partial charge in [0, 0.05) is 19.0 Å². The summed E-state index contributed by atoms with van der Waals surface area (Å²) in [4.78, 5) is 22.5. The van der Waals surface area contributed by atoms with Crippen LogP contribution in [-0.2, 0) is 9.57 Å². The average Bonchev–Trinajstić information content (AvgIpc) is 2.75. The van der Waals surface area contributed by atoms with Gasteiger partial charge in [-0.1, -0.05) is 0 Å². The maximum Gasteiger partial charge on any atom is 0.409 e. The van der Waals surface area contributed by atoms with Crippen LogP contribution in [-0.4, -0.2) is 43.3 Å². The molecule has 1 saturated heterocycles. The topological polar surface area (TPSA) is 63.2 Å². The maximum absolute atomic E-state index is 11.3. The summed E-state index contributed by atoms with van der Waals surface area (Å²) in [6.07, 6.45) is 1.45. The molecule has 2 aliphatic rings. The summed E-state index contributed by atoms with van der Waals surface area (Å²) < 4.78 is 4.68. The number of rotatable bonds is 1. The largest absolute Gasteiger partial charge is 0.453 e. The summed E-state index contributed by atoms with van der Waals surface area (Å²) in [5.74, 6) is 1.28. The summed E-state index contributed by atoms with van der Waals surface area (Å²) in [6.45, 7) is 3.32. The van der Waals surface area contributed by atoms with Gasteiger partial charge in [0.25, 0.3) is 0 Å². The molecule has 16 heavy (non-hydrogen) atoms. The number of amides is 1. The highest BCUT2D eigenvalue weighted by atomic mass is 16.7. The smallest absolute Gasteiger partial charge is 0.409 e. The van der Waals surface area contributed by atoms with E-state index < -0.39 is 0 Å². The zero-order valence-corrected chi connectivity index (χ0v) is 9.60. The second-order valence-corrected chi connectivity index (χ2v) is 4.06. The van der Waals surface area contributed by atoms with E-state index in [-0.39, 0.29) is 12.3 Å². The summed E-state index contributed by atoms with van der Waals surface area (Å²) in [7, 11) is 1.41. The molecule has 0 radical (unpaired) electrons. The van der Waals surface area contributed by atoms with E-state index in [4.69, 9.17) is 4.84 Å². The van der Waals surface area contributed by atoms with Gasteiger partial charge in [-0.15, -0.1) is 0 Å². The number of hydrogen-bond donors (Lipinski definition) is 1. The van der Waals surface area contributed by atoms with E-state index in [1.165, 1.54) is 7.11 Å². The van der Waals surface area contributed by atoms with E-state index in [1.807, 2.05) is 6.92 Å². The van der Waals surface area contributed by atoms with E-state index in [9.17, 15) is 4.79 Å². The second kappa shape index (κ2) is 4.69. The number of piperidine rings is 1. The minimum absolute atomic E-state index is 0.103. The van der Waals surface area contributed by atoms with Crippen LogP contribution in [0, 0.1) is 5.92 Å². The molecular weight excluding hydrogens is 210 g/mol. The van der Waals surface area contributed by atoms with Gasteiger partial charge in [-0.25, -0.2) is 14.6 Å². The van der Waals surface area contributed by atoms with Crippen LogP contribution in [0.15, 0.2) is 4.99 Å². The molecule has 1 fully saturated rings. The lowest BCUT2D eigenvalue weighted by atomic mass is 9.96. The van der Waals surface area contributed by atoms with Crippen LogP contribution in [0.5, 0.6) is 0 Å². The van der Waals surface area contributed by atoms with Gasteiger partial charge in [-0.2, -0.15) is 0 Å². The Hall–Kier alpha value is -1.30. The molecule has 1 N–H and O–H groups in total. The number of amidine groups is 1. The number of aliphatic imine (C=N–C) groups is 1. The standard InChI is InChI=1S/C10H17N3O3/c1-7-11-9(12-16-7)8-3-5-13(6-4-8)10(14)15-2/h7-8H,3-6H2,1-2H3,(H,11,12). The number of nitrogens with one attached hydrogen (secondary N) is 1. The zero-order valence-electron chi connectivity index (χ0n) is 9.60. The van der Waals surface area contributed by atoms with Crippen molar-refractivity contribution in [3.8, 4) is 0 Å². The van der Waals surface area contributed by atoms with Crippen molar-refractivity contribution in [3.05, 3.63) is 0 Å². The monoisotopic (exact) mass is 227 g/mol. The van der Waals surface area contributed by atoms with Crippen molar-refractivity contribution in [2.75, 3.05) is 20.2 Å². The highest BCUT2D eigenvalue weighted by Crippen LogP contribution is 2.20. The Morgan fingerprint density at radius 1 is 1.56 bits per heavy atom. The van der Waals surface area contributed by atoms with Crippen molar-refractivity contribution in [3.63, 3.8) is 0 Å². The lowest BCUT2D eigenvalue weighted by Crippen LogP contribution is -2.41. The lowest BCUT2D eigenvalue weighted by Gasteiger charge is -2.30. The summed E-state index contributed by atoms with van der Waals surface area (Å²) in [5.41, 5.74) is 2.85. The molecule has 0 saturated carbocycles. The Kier molecular flexibility index (Phi) is 3.28. The van der Waals surface area contributed by atoms with Crippen LogP contribution in [0.2, 0.25) is 0 Å². The third-order valence-electron chi connectivity index (χ3n) is 2.97. The van der Waals surface area contributed by atoms with Crippen molar-refractivity contribution >= 4 is 11.9 Å². The van der Waals surface area contributed by atoms with Crippen molar-refractivity contribution in [2.45, 2.75) is 26.0 Å². The number of methoxy groups -OCH3 is 1. The zero-order chi connectivity index (χ0) is 11.5. The molecular formula is C10H17N3O3. The minimum atomic E-state index is -0.246. The van der Waals surface area contributed by atoms with Crippen LogP contribution in [0.1, 0.15) is 19.8 Å². The van der Waals surface area contributed by atoms with Gasteiger partial charge in [-0.3, -0.25) is 5.48 Å². The third-order valence-corrected chi connectivity index (χ3v) is 2.97. The molecule has 0 aromatic carbocycles. The van der Waals surface area contributed by atoms with E-state index in [2.05, 4.69) is 15.2 Å². The Labute approximate surface area is 94.6 Å². The molecule has 2 heterocycles. The Morgan fingerprint density at radius 2 is 2.25 bits per heavy atom. The van der Waals surface area contributed by atoms with E-state index in [0.29, 0.717) is 19.0 Å². The molecule has 2 rings (SSSR count). The van der Waals surface area contributed by atoms with E-state index in [0.717, 1.165) is 18.7 Å².